The Morgan fingerprint density at radius 3 is 2.79 bits per heavy atom. The number of piperidine rings is 1. The number of hydrogen-bond acceptors (Lipinski definition) is 4. The Labute approximate surface area is 169 Å². The molecule has 2 N–H and O–H groups in total. The van der Waals surface area contributed by atoms with E-state index >= 15 is 0 Å². The fraction of sp³-hybridized carbons (Fsp3) is 0.500. The third kappa shape index (κ3) is 3.28. The normalized spacial score (nSPS) is 23.1. The van der Waals surface area contributed by atoms with Gasteiger partial charge in [0.15, 0.2) is 0 Å². The number of nitrogens with one attached hydrogen (secondary N) is 2. The first kappa shape index (κ1) is 18.2. The number of nitrogens with zero attached hydrogens (tertiary/aromatic N) is 2. The van der Waals surface area contributed by atoms with Gasteiger partial charge in [-0.25, -0.2) is 9.78 Å². The van der Waals surface area contributed by atoms with Gasteiger partial charge in [0, 0.05) is 35.7 Å². The molecular formula is C22H26N4O3. The van der Waals surface area contributed by atoms with Crippen molar-refractivity contribution < 1.29 is 9.53 Å². The van der Waals surface area contributed by atoms with Gasteiger partial charge in [-0.05, 0) is 62.8 Å². The molecule has 7 heteroatoms. The molecule has 29 heavy (non-hydrogen) atoms. The van der Waals surface area contributed by atoms with Crippen molar-refractivity contribution in [1.82, 2.24) is 14.9 Å². The highest BCUT2D eigenvalue weighted by Crippen LogP contribution is 2.45. The van der Waals surface area contributed by atoms with E-state index in [1.807, 2.05) is 29.2 Å². The lowest BCUT2D eigenvalue weighted by atomic mass is 9.77. The highest BCUT2D eigenvalue weighted by Gasteiger charge is 2.46. The van der Waals surface area contributed by atoms with Gasteiger partial charge in [0.2, 0.25) is 0 Å². The van der Waals surface area contributed by atoms with Crippen molar-refractivity contribution in [3.05, 3.63) is 51.7 Å². The summed E-state index contributed by atoms with van der Waals surface area (Å²) in [6.07, 6.45) is 5.74. The third-order valence-electron chi connectivity index (χ3n) is 6.56. The molecular weight excluding hydrogens is 368 g/mol. The summed E-state index contributed by atoms with van der Waals surface area (Å²) in [5.41, 5.74) is 2.35. The Balaban J connectivity index is 1.37. The minimum atomic E-state index is -0.192. The van der Waals surface area contributed by atoms with Crippen molar-refractivity contribution in [3.63, 3.8) is 0 Å². The van der Waals surface area contributed by atoms with E-state index in [9.17, 15) is 9.59 Å². The first-order chi connectivity index (χ1) is 14.1. The number of anilines is 1. The zero-order valence-electron chi connectivity index (χ0n) is 16.7. The molecule has 0 bridgehead atoms. The van der Waals surface area contributed by atoms with Crippen molar-refractivity contribution in [3.8, 4) is 5.75 Å². The monoisotopic (exact) mass is 394 g/mol. The Kier molecular flexibility index (Phi) is 4.33. The molecule has 1 saturated heterocycles. The molecule has 5 rings (SSSR count). The Morgan fingerprint density at radius 2 is 2.07 bits per heavy atom. The van der Waals surface area contributed by atoms with Crippen LogP contribution in [0.1, 0.15) is 55.1 Å². The number of H-pyrrole nitrogens is 1. The van der Waals surface area contributed by atoms with Gasteiger partial charge < -0.3 is 19.9 Å². The van der Waals surface area contributed by atoms with Crippen LogP contribution in [0, 0.1) is 0 Å². The highest BCUT2D eigenvalue weighted by atomic mass is 16.5. The number of likely N-dealkylation sites (tertiary alicyclic amines) is 1. The average Bonchev–Trinajstić information content (AvgIpc) is 3.53. The van der Waals surface area contributed by atoms with Crippen LogP contribution in [0.25, 0.3) is 0 Å². The summed E-state index contributed by atoms with van der Waals surface area (Å²) in [6, 6.07) is 7.23. The lowest BCUT2D eigenvalue weighted by Gasteiger charge is -2.40. The summed E-state index contributed by atoms with van der Waals surface area (Å²) in [5, 5.41) is 2.99. The Morgan fingerprint density at radius 1 is 1.28 bits per heavy atom. The maximum atomic E-state index is 12.9. The molecule has 2 fully saturated rings. The van der Waals surface area contributed by atoms with Crippen LogP contribution in [-0.4, -0.2) is 41.1 Å². The lowest BCUT2D eigenvalue weighted by molar-refractivity contribution is 0.157. The second kappa shape index (κ2) is 6.90. The van der Waals surface area contributed by atoms with Gasteiger partial charge >= 0.3 is 6.03 Å². The number of aromatic nitrogens is 2. The van der Waals surface area contributed by atoms with Crippen LogP contribution in [0.5, 0.6) is 5.75 Å². The first-order valence-corrected chi connectivity index (χ1v) is 10.4. The van der Waals surface area contributed by atoms with Gasteiger partial charge in [0.1, 0.15) is 11.6 Å². The number of methoxy groups -OCH3 is 1. The SMILES string of the molecule is COc1ccc(NC(=O)N2CCCC3(CCc4c3nc(C3CC3)[nH]c4=O)C2)cc1. The highest BCUT2D eigenvalue weighted by molar-refractivity contribution is 5.89. The molecule has 2 aromatic rings. The Bertz CT molecular complexity index is 996. The number of aromatic amines is 1. The fourth-order valence-corrected chi connectivity index (χ4v) is 4.80. The van der Waals surface area contributed by atoms with Crippen molar-refractivity contribution in [1.29, 1.82) is 0 Å². The van der Waals surface area contributed by atoms with Crippen LogP contribution in [0.4, 0.5) is 10.5 Å². The summed E-state index contributed by atoms with van der Waals surface area (Å²) in [4.78, 5) is 35.3. The minimum absolute atomic E-state index is 0.0218. The van der Waals surface area contributed by atoms with Gasteiger partial charge in [-0.1, -0.05) is 0 Å². The van der Waals surface area contributed by atoms with E-state index in [0.29, 0.717) is 12.5 Å². The van der Waals surface area contributed by atoms with Crippen LogP contribution in [0.3, 0.4) is 0 Å². The average molecular weight is 394 g/mol. The molecule has 1 spiro atoms. The number of ether oxygens (including phenoxy) is 1. The standard InChI is InChI=1S/C22H26N4O3/c1-29-16-7-5-15(6-8-16)23-21(28)26-12-2-10-22(13-26)11-9-17-18(22)24-19(14-3-4-14)25-20(17)27/h5-8,14H,2-4,9-13H2,1H3,(H,23,28)(H,24,25,27). The second-order valence-corrected chi connectivity index (χ2v) is 8.52. The van der Waals surface area contributed by atoms with E-state index in [0.717, 1.165) is 73.6 Å². The van der Waals surface area contributed by atoms with E-state index in [1.165, 1.54) is 0 Å². The van der Waals surface area contributed by atoms with Gasteiger partial charge in [-0.2, -0.15) is 0 Å². The molecule has 2 aliphatic carbocycles. The fourth-order valence-electron chi connectivity index (χ4n) is 4.80. The molecule has 0 radical (unpaired) electrons. The topological polar surface area (TPSA) is 87.3 Å². The van der Waals surface area contributed by atoms with E-state index in [4.69, 9.17) is 9.72 Å². The summed E-state index contributed by atoms with van der Waals surface area (Å²) in [7, 11) is 1.62. The quantitative estimate of drug-likeness (QED) is 0.837. The van der Waals surface area contributed by atoms with Gasteiger partial charge in [0.25, 0.3) is 5.56 Å². The van der Waals surface area contributed by atoms with E-state index in [-0.39, 0.29) is 17.0 Å². The smallest absolute Gasteiger partial charge is 0.321 e. The molecule has 1 aromatic carbocycles. The summed E-state index contributed by atoms with van der Waals surface area (Å²) >= 11 is 0. The maximum absolute atomic E-state index is 12.9. The van der Waals surface area contributed by atoms with E-state index < -0.39 is 0 Å². The number of urea groups is 1. The molecule has 1 atom stereocenters. The number of fused-ring (bicyclic) bond motifs is 2. The van der Waals surface area contributed by atoms with Crippen molar-refractivity contribution in [2.75, 3.05) is 25.5 Å². The lowest BCUT2D eigenvalue weighted by Crippen LogP contribution is -2.49. The largest absolute Gasteiger partial charge is 0.497 e. The second-order valence-electron chi connectivity index (χ2n) is 8.52. The minimum Gasteiger partial charge on any atom is -0.497 e. The van der Waals surface area contributed by atoms with Crippen LogP contribution < -0.4 is 15.6 Å². The summed E-state index contributed by atoms with van der Waals surface area (Å²) < 4.78 is 5.17. The van der Waals surface area contributed by atoms with Crippen molar-refractivity contribution in [2.24, 2.45) is 0 Å². The van der Waals surface area contributed by atoms with Crippen LogP contribution in [0.15, 0.2) is 29.1 Å². The van der Waals surface area contributed by atoms with E-state index in [1.54, 1.807) is 7.11 Å². The van der Waals surface area contributed by atoms with Crippen molar-refractivity contribution in [2.45, 2.75) is 49.9 Å². The number of rotatable bonds is 3. The molecule has 1 saturated carbocycles. The molecule has 7 nitrogen and oxygen atoms in total. The van der Waals surface area contributed by atoms with Crippen LogP contribution >= 0.6 is 0 Å². The molecule has 1 aliphatic heterocycles. The maximum Gasteiger partial charge on any atom is 0.321 e. The van der Waals surface area contributed by atoms with Gasteiger partial charge in [-0.15, -0.1) is 0 Å². The molecule has 2 amide bonds. The van der Waals surface area contributed by atoms with Gasteiger partial charge in [-0.3, -0.25) is 4.79 Å². The number of amides is 2. The summed E-state index contributed by atoms with van der Waals surface area (Å²) in [5.74, 6) is 2.00. The molecule has 1 unspecified atom stereocenters. The van der Waals surface area contributed by atoms with Crippen LogP contribution in [0.2, 0.25) is 0 Å². The molecule has 1 aromatic heterocycles. The number of hydrogen-bond donors (Lipinski definition) is 2. The number of carbonyl (C=O) groups is 1. The van der Waals surface area contributed by atoms with Crippen molar-refractivity contribution >= 4 is 11.7 Å². The third-order valence-corrected chi connectivity index (χ3v) is 6.56. The van der Waals surface area contributed by atoms with E-state index in [2.05, 4.69) is 10.3 Å². The summed E-state index contributed by atoms with van der Waals surface area (Å²) in [6.45, 7) is 1.33. The Hall–Kier alpha value is -2.83. The zero-order chi connectivity index (χ0) is 20.0. The number of carbonyl (C=O) groups excluding carboxylic acids is 1. The predicted octanol–water partition coefficient (Wildman–Crippen LogP) is 3.17. The number of benzene rings is 1. The zero-order valence-corrected chi connectivity index (χ0v) is 16.7. The molecule has 2 heterocycles. The van der Waals surface area contributed by atoms with Gasteiger partial charge in [0.05, 0.1) is 12.8 Å². The molecule has 3 aliphatic rings. The first-order valence-electron chi connectivity index (χ1n) is 10.4. The molecule has 152 valence electrons. The predicted molar refractivity (Wildman–Crippen MR) is 110 cm³/mol. The van der Waals surface area contributed by atoms with Crippen LogP contribution in [-0.2, 0) is 11.8 Å².